The van der Waals surface area contributed by atoms with Crippen LogP contribution in [-0.4, -0.2) is 30.0 Å². The fourth-order valence-electron chi connectivity index (χ4n) is 2.63. The van der Waals surface area contributed by atoms with E-state index in [1.54, 1.807) is 11.1 Å². The van der Waals surface area contributed by atoms with E-state index in [1.807, 2.05) is 78.9 Å². The van der Waals surface area contributed by atoms with Gasteiger partial charge in [0.15, 0.2) is 0 Å². The quantitative estimate of drug-likeness (QED) is 0.657. The molecule has 0 aliphatic carbocycles. The third-order valence-corrected chi connectivity index (χ3v) is 3.93. The molecule has 6 heteroatoms. The normalized spacial score (nSPS) is 10.3. The highest BCUT2D eigenvalue weighted by Crippen LogP contribution is 2.24. The van der Waals surface area contributed by atoms with Crippen LogP contribution in [0.15, 0.2) is 85.1 Å². The Balaban J connectivity index is 1.55. The summed E-state index contributed by atoms with van der Waals surface area (Å²) in [5, 5.41) is 2.71. The summed E-state index contributed by atoms with van der Waals surface area (Å²) < 4.78 is 5.35. The minimum absolute atomic E-state index is 0.198. The van der Waals surface area contributed by atoms with Crippen LogP contribution in [0, 0.1) is 0 Å². The Morgan fingerprint density at radius 2 is 1.43 bits per heavy atom. The van der Waals surface area contributed by atoms with Crippen LogP contribution in [0.2, 0.25) is 0 Å². The number of ether oxygens (including phenoxy) is 1. The molecule has 1 aromatic heterocycles. The van der Waals surface area contributed by atoms with Crippen molar-refractivity contribution in [1.82, 2.24) is 10.3 Å². The molecule has 3 aromatic rings. The molecular weight excluding hydrogens is 354 g/mol. The maximum atomic E-state index is 12.8. The van der Waals surface area contributed by atoms with Gasteiger partial charge in [-0.1, -0.05) is 42.5 Å². The number of aromatic nitrogens is 1. The number of carbonyl (C=O) groups is 2. The predicted molar refractivity (Wildman–Crippen MR) is 107 cm³/mol. The first-order valence-corrected chi connectivity index (χ1v) is 8.91. The lowest BCUT2D eigenvalue weighted by molar-refractivity contribution is -0.129. The van der Waals surface area contributed by atoms with Gasteiger partial charge in [0.2, 0.25) is 5.91 Å². The van der Waals surface area contributed by atoms with Crippen molar-refractivity contribution in [3.63, 3.8) is 0 Å². The highest BCUT2D eigenvalue weighted by atomic mass is 16.5. The number of rotatable bonds is 8. The van der Waals surface area contributed by atoms with Gasteiger partial charge < -0.3 is 10.1 Å². The summed E-state index contributed by atoms with van der Waals surface area (Å²) >= 11 is 0. The predicted octanol–water partition coefficient (Wildman–Crippen LogP) is 3.08. The van der Waals surface area contributed by atoms with Crippen molar-refractivity contribution in [1.29, 1.82) is 0 Å². The summed E-state index contributed by atoms with van der Waals surface area (Å²) in [6, 6.07) is 24.1. The summed E-state index contributed by atoms with van der Waals surface area (Å²) in [5.74, 6) is -0.556. The maximum absolute atomic E-state index is 12.8. The van der Waals surface area contributed by atoms with Crippen molar-refractivity contribution in [2.45, 2.75) is 6.54 Å². The average molecular weight is 375 g/mol. The molecule has 0 unspecified atom stereocenters. The number of pyridine rings is 1. The molecule has 0 atom stereocenters. The Hall–Kier alpha value is -3.51. The molecule has 6 nitrogen and oxygen atoms in total. The van der Waals surface area contributed by atoms with Crippen molar-refractivity contribution in [3.05, 3.63) is 90.8 Å². The van der Waals surface area contributed by atoms with Crippen molar-refractivity contribution in [2.75, 3.05) is 18.1 Å². The van der Waals surface area contributed by atoms with Gasteiger partial charge in [0, 0.05) is 17.6 Å². The lowest BCUT2D eigenvalue weighted by Crippen LogP contribution is -2.33. The van der Waals surface area contributed by atoms with Crippen LogP contribution >= 0.6 is 0 Å². The SMILES string of the molecule is O=C(COCC(=O)N(c1ccccc1)c1ccccc1)NCc1ccccn1. The Labute approximate surface area is 163 Å². The lowest BCUT2D eigenvalue weighted by atomic mass is 10.2. The smallest absolute Gasteiger partial charge is 0.257 e. The number of anilines is 2. The van der Waals surface area contributed by atoms with E-state index in [0.717, 1.165) is 17.1 Å². The van der Waals surface area contributed by atoms with Crippen molar-refractivity contribution < 1.29 is 14.3 Å². The highest BCUT2D eigenvalue weighted by molar-refractivity contribution is 6.01. The summed E-state index contributed by atoms with van der Waals surface area (Å²) in [7, 11) is 0. The van der Waals surface area contributed by atoms with Crippen LogP contribution in [0.4, 0.5) is 11.4 Å². The topological polar surface area (TPSA) is 71.5 Å². The fourth-order valence-corrected chi connectivity index (χ4v) is 2.63. The van der Waals surface area contributed by atoms with E-state index in [4.69, 9.17) is 4.74 Å². The third kappa shape index (κ3) is 5.49. The minimum Gasteiger partial charge on any atom is -0.362 e. The van der Waals surface area contributed by atoms with Gasteiger partial charge in [0.25, 0.3) is 5.91 Å². The zero-order valence-electron chi connectivity index (χ0n) is 15.3. The Bertz CT molecular complexity index is 847. The Morgan fingerprint density at radius 1 is 0.821 bits per heavy atom. The van der Waals surface area contributed by atoms with E-state index < -0.39 is 0 Å². The molecule has 3 rings (SSSR count). The molecule has 0 aliphatic rings. The number of nitrogens with one attached hydrogen (secondary N) is 1. The van der Waals surface area contributed by atoms with Crippen LogP contribution in [0.3, 0.4) is 0 Å². The number of hydrogen-bond donors (Lipinski definition) is 1. The molecule has 142 valence electrons. The molecule has 0 radical (unpaired) electrons. The second kappa shape index (κ2) is 9.99. The molecule has 0 saturated carbocycles. The van der Waals surface area contributed by atoms with E-state index in [2.05, 4.69) is 10.3 Å². The number of hydrogen-bond acceptors (Lipinski definition) is 4. The summed E-state index contributed by atoms with van der Waals surface area (Å²) in [5.41, 5.74) is 2.23. The van der Waals surface area contributed by atoms with Crippen molar-refractivity contribution in [3.8, 4) is 0 Å². The minimum atomic E-state index is -0.301. The largest absolute Gasteiger partial charge is 0.362 e. The van der Waals surface area contributed by atoms with E-state index in [0.29, 0.717) is 6.54 Å². The summed E-state index contributed by atoms with van der Waals surface area (Å²) in [6.45, 7) is -0.0894. The molecule has 28 heavy (non-hydrogen) atoms. The Morgan fingerprint density at radius 3 is 2.00 bits per heavy atom. The fraction of sp³-hybridized carbons (Fsp3) is 0.136. The summed E-state index contributed by atoms with van der Waals surface area (Å²) in [4.78, 5) is 30.4. The van der Waals surface area contributed by atoms with Crippen LogP contribution in [0.5, 0.6) is 0 Å². The summed E-state index contributed by atoms with van der Waals surface area (Å²) in [6.07, 6.45) is 1.67. The third-order valence-electron chi connectivity index (χ3n) is 3.93. The molecular formula is C22H21N3O3. The van der Waals surface area contributed by atoms with Gasteiger partial charge in [-0.25, -0.2) is 0 Å². The molecule has 0 aliphatic heterocycles. The number of amides is 2. The van der Waals surface area contributed by atoms with Gasteiger partial charge in [0.05, 0.1) is 12.2 Å². The molecule has 0 bridgehead atoms. The van der Waals surface area contributed by atoms with Crippen molar-refractivity contribution >= 4 is 23.2 Å². The zero-order valence-corrected chi connectivity index (χ0v) is 15.3. The van der Waals surface area contributed by atoms with E-state index in [9.17, 15) is 9.59 Å². The molecule has 2 amide bonds. The number of carbonyl (C=O) groups excluding carboxylic acids is 2. The second-order valence-corrected chi connectivity index (χ2v) is 5.99. The standard InChI is InChI=1S/C22H21N3O3/c26-21(24-15-18-9-7-8-14-23-18)16-28-17-22(27)25(19-10-3-1-4-11-19)20-12-5-2-6-13-20/h1-14H,15-17H2,(H,24,26). The number of nitrogens with zero attached hydrogens (tertiary/aromatic N) is 2. The Kier molecular flexibility index (Phi) is 6.87. The molecule has 0 saturated heterocycles. The lowest BCUT2D eigenvalue weighted by Gasteiger charge is -2.23. The molecule has 0 fully saturated rings. The van der Waals surface area contributed by atoms with Crippen LogP contribution in [-0.2, 0) is 20.9 Å². The first-order valence-electron chi connectivity index (χ1n) is 8.91. The van der Waals surface area contributed by atoms with Crippen LogP contribution in [0.25, 0.3) is 0 Å². The van der Waals surface area contributed by atoms with Crippen molar-refractivity contribution in [2.24, 2.45) is 0 Å². The van der Waals surface area contributed by atoms with Gasteiger partial charge in [-0.3, -0.25) is 19.5 Å². The molecule has 0 spiro atoms. The average Bonchev–Trinajstić information content (AvgIpc) is 2.75. The van der Waals surface area contributed by atoms with Gasteiger partial charge in [-0.2, -0.15) is 0 Å². The van der Waals surface area contributed by atoms with Gasteiger partial charge in [-0.05, 0) is 36.4 Å². The van der Waals surface area contributed by atoms with Crippen LogP contribution < -0.4 is 10.2 Å². The number of benzene rings is 2. The zero-order chi connectivity index (χ0) is 19.6. The van der Waals surface area contributed by atoms with Gasteiger partial charge >= 0.3 is 0 Å². The number of para-hydroxylation sites is 2. The van der Waals surface area contributed by atoms with E-state index in [1.165, 1.54) is 0 Å². The molecule has 2 aromatic carbocycles. The van der Waals surface area contributed by atoms with Gasteiger partial charge in [-0.15, -0.1) is 0 Å². The second-order valence-electron chi connectivity index (χ2n) is 5.99. The highest BCUT2D eigenvalue weighted by Gasteiger charge is 2.18. The van der Waals surface area contributed by atoms with Gasteiger partial charge in [0.1, 0.15) is 13.2 Å². The monoisotopic (exact) mass is 375 g/mol. The first-order chi connectivity index (χ1) is 13.7. The van der Waals surface area contributed by atoms with E-state index in [-0.39, 0.29) is 25.0 Å². The van der Waals surface area contributed by atoms with Crippen LogP contribution in [0.1, 0.15) is 5.69 Å². The molecule has 1 N–H and O–H groups in total. The van der Waals surface area contributed by atoms with E-state index >= 15 is 0 Å². The molecule has 1 heterocycles. The first kappa shape index (κ1) is 19.3. The maximum Gasteiger partial charge on any atom is 0.257 e.